The third-order valence-corrected chi connectivity index (χ3v) is 5.79. The lowest BCUT2D eigenvalue weighted by Crippen LogP contribution is -2.29. The van der Waals surface area contributed by atoms with E-state index in [-0.39, 0.29) is 29.0 Å². The van der Waals surface area contributed by atoms with Crippen LogP contribution in [0.1, 0.15) is 40.0 Å². The van der Waals surface area contributed by atoms with Crippen molar-refractivity contribution in [1.29, 1.82) is 0 Å². The largest absolute Gasteiger partial charge is 0.507 e. The molecule has 1 atom stereocenters. The maximum Gasteiger partial charge on any atom is 0.338 e. The van der Waals surface area contributed by atoms with E-state index in [0.717, 1.165) is 11.6 Å². The number of nitro benzene ring substituents is 1. The van der Waals surface area contributed by atoms with E-state index in [4.69, 9.17) is 4.74 Å². The van der Waals surface area contributed by atoms with Crippen molar-refractivity contribution in [2.24, 2.45) is 0 Å². The van der Waals surface area contributed by atoms with Crippen molar-refractivity contribution in [3.05, 3.63) is 111 Å². The smallest absolute Gasteiger partial charge is 0.338 e. The first-order chi connectivity index (χ1) is 17.2. The van der Waals surface area contributed by atoms with E-state index in [0.29, 0.717) is 11.3 Å². The molecule has 0 radical (unpaired) electrons. The van der Waals surface area contributed by atoms with Gasteiger partial charge in [-0.25, -0.2) is 4.79 Å². The summed E-state index contributed by atoms with van der Waals surface area (Å²) in [5.41, 5.74) is 1.62. The van der Waals surface area contributed by atoms with Gasteiger partial charge in [-0.1, -0.05) is 42.0 Å². The second-order valence-electron chi connectivity index (χ2n) is 8.16. The number of amides is 1. The molecule has 9 heteroatoms. The van der Waals surface area contributed by atoms with E-state index in [1.807, 2.05) is 13.0 Å². The molecule has 1 heterocycles. The molecule has 182 valence electrons. The van der Waals surface area contributed by atoms with Crippen molar-refractivity contribution in [2.45, 2.75) is 19.9 Å². The minimum absolute atomic E-state index is 0.0394. The molecule has 1 aliphatic heterocycles. The number of ether oxygens (including phenoxy) is 1. The highest BCUT2D eigenvalue weighted by Gasteiger charge is 2.47. The summed E-state index contributed by atoms with van der Waals surface area (Å²) in [6.07, 6.45) is 0. The molecule has 3 aromatic carbocycles. The Labute approximate surface area is 206 Å². The van der Waals surface area contributed by atoms with Crippen molar-refractivity contribution < 1.29 is 29.2 Å². The predicted octanol–water partition coefficient (Wildman–Crippen LogP) is 4.71. The molecule has 4 rings (SSSR count). The lowest BCUT2D eigenvalue weighted by atomic mass is 9.94. The average Bonchev–Trinajstić information content (AvgIpc) is 3.14. The van der Waals surface area contributed by atoms with Crippen molar-refractivity contribution >= 4 is 34.8 Å². The fraction of sp³-hybridized carbons (Fsp3) is 0.148. The molecule has 0 saturated carbocycles. The van der Waals surface area contributed by atoms with Crippen LogP contribution in [0.4, 0.5) is 11.4 Å². The van der Waals surface area contributed by atoms with Crippen LogP contribution in [-0.4, -0.2) is 34.3 Å². The first-order valence-corrected chi connectivity index (χ1v) is 11.1. The van der Waals surface area contributed by atoms with Crippen molar-refractivity contribution in [3.63, 3.8) is 0 Å². The average molecular weight is 486 g/mol. The molecular formula is C27H22N2O7. The topological polar surface area (TPSA) is 127 Å². The molecule has 1 amide bonds. The number of anilines is 1. The highest BCUT2D eigenvalue weighted by molar-refractivity contribution is 6.51. The number of carbonyl (C=O) groups excluding carboxylic acids is 3. The van der Waals surface area contributed by atoms with E-state index in [1.54, 1.807) is 25.1 Å². The molecule has 1 saturated heterocycles. The van der Waals surface area contributed by atoms with Gasteiger partial charge in [-0.05, 0) is 43.7 Å². The van der Waals surface area contributed by atoms with Gasteiger partial charge in [-0.15, -0.1) is 0 Å². The third kappa shape index (κ3) is 4.46. The third-order valence-electron chi connectivity index (χ3n) is 5.79. The summed E-state index contributed by atoms with van der Waals surface area (Å²) < 4.78 is 5.00. The molecule has 0 bridgehead atoms. The van der Waals surface area contributed by atoms with Crippen LogP contribution in [0.5, 0.6) is 0 Å². The van der Waals surface area contributed by atoms with Gasteiger partial charge in [0.05, 0.1) is 28.7 Å². The number of aliphatic hydroxyl groups is 1. The number of rotatable bonds is 6. The molecular weight excluding hydrogens is 464 g/mol. The number of esters is 1. The van der Waals surface area contributed by atoms with Gasteiger partial charge in [-0.2, -0.15) is 0 Å². The first-order valence-electron chi connectivity index (χ1n) is 11.1. The quantitative estimate of drug-likeness (QED) is 0.134. The Morgan fingerprint density at radius 1 is 1.03 bits per heavy atom. The van der Waals surface area contributed by atoms with Crippen molar-refractivity contribution in [2.75, 3.05) is 11.5 Å². The van der Waals surface area contributed by atoms with Gasteiger partial charge in [0.2, 0.25) is 0 Å². The lowest BCUT2D eigenvalue weighted by Gasteiger charge is -2.26. The van der Waals surface area contributed by atoms with E-state index in [9.17, 15) is 29.6 Å². The summed E-state index contributed by atoms with van der Waals surface area (Å²) in [5, 5.41) is 22.4. The molecule has 0 aliphatic carbocycles. The Hall–Kier alpha value is -4.79. The zero-order valence-electron chi connectivity index (χ0n) is 19.5. The number of nitro groups is 1. The number of hydrogen-bond acceptors (Lipinski definition) is 7. The summed E-state index contributed by atoms with van der Waals surface area (Å²) in [7, 11) is 0. The summed E-state index contributed by atoms with van der Waals surface area (Å²) in [5.74, 6) is -2.85. The van der Waals surface area contributed by atoms with Gasteiger partial charge in [0.15, 0.2) is 0 Å². The zero-order valence-corrected chi connectivity index (χ0v) is 19.5. The Morgan fingerprint density at radius 2 is 1.72 bits per heavy atom. The molecule has 36 heavy (non-hydrogen) atoms. The van der Waals surface area contributed by atoms with Crippen molar-refractivity contribution in [3.8, 4) is 0 Å². The molecule has 1 unspecified atom stereocenters. The summed E-state index contributed by atoms with van der Waals surface area (Å²) >= 11 is 0. The number of aliphatic hydroxyl groups excluding tert-OH is 1. The Kier molecular flexibility index (Phi) is 6.64. The van der Waals surface area contributed by atoms with Crippen LogP contribution < -0.4 is 4.90 Å². The van der Waals surface area contributed by atoms with Gasteiger partial charge < -0.3 is 9.84 Å². The minimum atomic E-state index is -1.00. The second kappa shape index (κ2) is 9.83. The number of aryl methyl sites for hydroxylation is 1. The van der Waals surface area contributed by atoms with E-state index in [1.165, 1.54) is 47.4 Å². The monoisotopic (exact) mass is 486 g/mol. The number of hydrogen-bond donors (Lipinski definition) is 1. The van der Waals surface area contributed by atoms with Gasteiger partial charge in [-0.3, -0.25) is 24.6 Å². The highest BCUT2D eigenvalue weighted by atomic mass is 16.6. The molecule has 1 fully saturated rings. The van der Waals surface area contributed by atoms with Crippen LogP contribution in [0.15, 0.2) is 78.4 Å². The fourth-order valence-corrected chi connectivity index (χ4v) is 4.15. The lowest BCUT2D eigenvalue weighted by molar-refractivity contribution is -0.384. The fourth-order valence-electron chi connectivity index (χ4n) is 4.15. The zero-order chi connectivity index (χ0) is 26.0. The molecule has 9 nitrogen and oxygen atoms in total. The molecule has 3 aromatic rings. The standard InChI is InChI=1S/C27H22N2O7/c1-3-36-27(33)17-10-12-20(13-11-17)28-23(18-7-4-6-16(2)14-18)22(25(31)26(28)32)24(30)19-8-5-9-21(15-19)29(34)35/h4-15,23,30H,3H2,1-2H3/b24-22-. The van der Waals surface area contributed by atoms with E-state index < -0.39 is 34.4 Å². The van der Waals surface area contributed by atoms with Gasteiger partial charge in [0.25, 0.3) is 17.4 Å². The maximum absolute atomic E-state index is 13.2. The SMILES string of the molecule is CCOC(=O)c1ccc(N2C(=O)C(=O)/C(=C(\O)c3cccc([N+](=O)[O-])c3)C2c2cccc(C)c2)cc1. The minimum Gasteiger partial charge on any atom is -0.507 e. The van der Waals surface area contributed by atoms with Crippen LogP contribution >= 0.6 is 0 Å². The molecule has 1 aliphatic rings. The number of non-ortho nitro benzene ring substituents is 1. The molecule has 0 aromatic heterocycles. The summed E-state index contributed by atoms with van der Waals surface area (Å²) in [6, 6.07) is 17.4. The van der Waals surface area contributed by atoms with E-state index in [2.05, 4.69) is 0 Å². The molecule has 1 N–H and O–H groups in total. The highest BCUT2D eigenvalue weighted by Crippen LogP contribution is 2.42. The van der Waals surface area contributed by atoms with Gasteiger partial charge >= 0.3 is 5.97 Å². The number of benzene rings is 3. The Balaban J connectivity index is 1.88. The van der Waals surface area contributed by atoms with Crippen LogP contribution in [0.25, 0.3) is 5.76 Å². The summed E-state index contributed by atoms with van der Waals surface area (Å²) in [6.45, 7) is 3.75. The molecule has 0 spiro atoms. The van der Waals surface area contributed by atoms with Gasteiger partial charge in [0, 0.05) is 23.4 Å². The van der Waals surface area contributed by atoms with Crippen LogP contribution in [-0.2, 0) is 14.3 Å². The van der Waals surface area contributed by atoms with Crippen LogP contribution in [0.2, 0.25) is 0 Å². The van der Waals surface area contributed by atoms with Gasteiger partial charge in [0.1, 0.15) is 5.76 Å². The van der Waals surface area contributed by atoms with E-state index >= 15 is 0 Å². The number of nitrogens with zero attached hydrogens (tertiary/aromatic N) is 2. The number of carbonyl (C=O) groups is 3. The predicted molar refractivity (Wildman–Crippen MR) is 131 cm³/mol. The number of Topliss-reactive ketones (excluding diaryl/α,β-unsaturated/α-hetero) is 1. The van der Waals surface area contributed by atoms with Crippen LogP contribution in [0.3, 0.4) is 0 Å². The maximum atomic E-state index is 13.2. The summed E-state index contributed by atoms with van der Waals surface area (Å²) in [4.78, 5) is 50.4. The first kappa shape index (κ1) is 24.3. The Morgan fingerprint density at radius 3 is 2.36 bits per heavy atom. The Bertz CT molecular complexity index is 1410. The number of ketones is 1. The second-order valence-corrected chi connectivity index (χ2v) is 8.16. The van der Waals surface area contributed by atoms with Crippen molar-refractivity contribution in [1.82, 2.24) is 0 Å². The normalized spacial score (nSPS) is 16.7. The van der Waals surface area contributed by atoms with Crippen LogP contribution in [0, 0.1) is 17.0 Å².